The van der Waals surface area contributed by atoms with Gasteiger partial charge in [0, 0.05) is 12.2 Å². The van der Waals surface area contributed by atoms with Gasteiger partial charge in [0.1, 0.15) is 5.75 Å². The Kier molecular flexibility index (Phi) is 4.40. The Labute approximate surface area is 131 Å². The predicted octanol–water partition coefficient (Wildman–Crippen LogP) is 4.71. The van der Waals surface area contributed by atoms with E-state index in [1.165, 1.54) is 11.1 Å². The van der Waals surface area contributed by atoms with Crippen molar-refractivity contribution in [1.29, 1.82) is 0 Å². The molecule has 110 valence electrons. The van der Waals surface area contributed by atoms with Gasteiger partial charge in [-0.3, -0.25) is 0 Å². The van der Waals surface area contributed by atoms with Crippen molar-refractivity contribution < 1.29 is 5.11 Å². The molecule has 0 bridgehead atoms. The van der Waals surface area contributed by atoms with Gasteiger partial charge in [-0.2, -0.15) is 0 Å². The number of phenols is 1. The van der Waals surface area contributed by atoms with Gasteiger partial charge in [-0.15, -0.1) is 0 Å². The highest BCUT2D eigenvalue weighted by Gasteiger charge is 1.98. The van der Waals surface area contributed by atoms with Crippen molar-refractivity contribution in [2.24, 2.45) is 0 Å². The van der Waals surface area contributed by atoms with Gasteiger partial charge in [-0.1, -0.05) is 54.6 Å². The van der Waals surface area contributed by atoms with E-state index >= 15 is 0 Å². The van der Waals surface area contributed by atoms with E-state index in [0.29, 0.717) is 5.75 Å². The first-order valence-electron chi connectivity index (χ1n) is 7.48. The van der Waals surface area contributed by atoms with Gasteiger partial charge in [0.25, 0.3) is 0 Å². The summed E-state index contributed by atoms with van der Waals surface area (Å²) < 4.78 is 0. The van der Waals surface area contributed by atoms with Crippen LogP contribution in [0.15, 0.2) is 78.9 Å². The molecule has 0 amide bonds. The topological polar surface area (TPSA) is 32.3 Å². The minimum atomic E-state index is 0.324. The van der Waals surface area contributed by atoms with Crippen LogP contribution in [0.25, 0.3) is 11.1 Å². The number of benzene rings is 3. The fourth-order valence-corrected chi connectivity index (χ4v) is 2.47. The maximum atomic E-state index is 9.45. The minimum absolute atomic E-state index is 0.324. The van der Waals surface area contributed by atoms with Crippen LogP contribution < -0.4 is 5.32 Å². The average molecular weight is 289 g/mol. The van der Waals surface area contributed by atoms with Crippen molar-refractivity contribution in [2.45, 2.75) is 6.42 Å². The maximum absolute atomic E-state index is 9.45. The highest BCUT2D eigenvalue weighted by molar-refractivity contribution is 5.65. The van der Waals surface area contributed by atoms with Crippen molar-refractivity contribution in [3.05, 3.63) is 84.4 Å². The predicted molar refractivity (Wildman–Crippen MR) is 92.2 cm³/mol. The van der Waals surface area contributed by atoms with Crippen LogP contribution in [-0.4, -0.2) is 11.7 Å². The van der Waals surface area contributed by atoms with Gasteiger partial charge in [0.2, 0.25) is 0 Å². The van der Waals surface area contributed by atoms with Crippen LogP contribution in [0.3, 0.4) is 0 Å². The molecule has 0 atom stereocenters. The van der Waals surface area contributed by atoms with Crippen LogP contribution in [-0.2, 0) is 6.42 Å². The van der Waals surface area contributed by atoms with E-state index in [9.17, 15) is 5.11 Å². The van der Waals surface area contributed by atoms with Crippen LogP contribution in [0, 0.1) is 0 Å². The number of aromatic hydroxyl groups is 1. The molecule has 0 aliphatic heterocycles. The summed E-state index contributed by atoms with van der Waals surface area (Å²) in [6, 6.07) is 26.2. The number of rotatable bonds is 5. The lowest BCUT2D eigenvalue weighted by atomic mass is 10.1. The number of hydrogen-bond acceptors (Lipinski definition) is 2. The molecule has 0 aliphatic carbocycles. The highest BCUT2D eigenvalue weighted by atomic mass is 16.3. The molecule has 0 radical (unpaired) electrons. The zero-order chi connectivity index (χ0) is 15.2. The first-order valence-corrected chi connectivity index (χ1v) is 7.48. The molecule has 2 N–H and O–H groups in total. The highest BCUT2D eigenvalue weighted by Crippen LogP contribution is 2.21. The van der Waals surface area contributed by atoms with Gasteiger partial charge >= 0.3 is 0 Å². The molecule has 3 rings (SSSR count). The molecule has 0 spiro atoms. The summed E-state index contributed by atoms with van der Waals surface area (Å²) in [6.07, 6.45) is 0.884. The van der Waals surface area contributed by atoms with Gasteiger partial charge < -0.3 is 10.4 Å². The Morgan fingerprint density at radius 2 is 1.45 bits per heavy atom. The minimum Gasteiger partial charge on any atom is -0.508 e. The quantitative estimate of drug-likeness (QED) is 0.712. The third-order valence-electron chi connectivity index (χ3n) is 3.65. The molecule has 0 aliphatic rings. The van der Waals surface area contributed by atoms with E-state index in [2.05, 4.69) is 53.8 Å². The van der Waals surface area contributed by atoms with Crippen LogP contribution in [0.2, 0.25) is 0 Å². The summed E-state index contributed by atoms with van der Waals surface area (Å²) in [5, 5.41) is 12.9. The zero-order valence-electron chi connectivity index (χ0n) is 12.4. The van der Waals surface area contributed by atoms with Gasteiger partial charge in [0.15, 0.2) is 0 Å². The Balaban J connectivity index is 1.57. The Hall–Kier alpha value is -2.74. The number of hydrogen-bond donors (Lipinski definition) is 2. The lowest BCUT2D eigenvalue weighted by Crippen LogP contribution is -2.04. The number of phenolic OH excluding ortho intramolecular Hbond substituents is 1. The monoisotopic (exact) mass is 289 g/mol. The van der Waals surface area contributed by atoms with Crippen molar-refractivity contribution in [3.63, 3.8) is 0 Å². The second kappa shape index (κ2) is 6.81. The fourth-order valence-electron chi connectivity index (χ4n) is 2.47. The van der Waals surface area contributed by atoms with Gasteiger partial charge in [0.05, 0.1) is 0 Å². The van der Waals surface area contributed by atoms with Crippen LogP contribution in [0.1, 0.15) is 5.56 Å². The second-order valence-corrected chi connectivity index (χ2v) is 5.29. The van der Waals surface area contributed by atoms with Crippen molar-refractivity contribution in [1.82, 2.24) is 0 Å². The van der Waals surface area contributed by atoms with E-state index in [1.54, 1.807) is 12.1 Å². The smallest absolute Gasteiger partial charge is 0.115 e. The summed E-state index contributed by atoms with van der Waals surface area (Å²) in [7, 11) is 0. The molecule has 0 fully saturated rings. The fraction of sp³-hybridized carbons (Fsp3) is 0.100. The molecule has 0 aromatic heterocycles. The number of anilines is 1. The molecule has 0 saturated heterocycles. The van der Waals surface area contributed by atoms with E-state index in [0.717, 1.165) is 24.2 Å². The molecule has 22 heavy (non-hydrogen) atoms. The van der Waals surface area contributed by atoms with Crippen molar-refractivity contribution in [2.75, 3.05) is 11.9 Å². The Morgan fingerprint density at radius 3 is 2.18 bits per heavy atom. The molecule has 0 saturated carbocycles. The molecule has 2 nitrogen and oxygen atoms in total. The largest absolute Gasteiger partial charge is 0.508 e. The molecule has 0 heterocycles. The standard InChI is InChI=1S/C20H19NO/c22-20-8-4-5-16(15-20)13-14-21-19-11-9-18(10-12-19)17-6-2-1-3-7-17/h1-12,15,21-22H,13-14H2. The normalized spacial score (nSPS) is 10.4. The lowest BCUT2D eigenvalue weighted by Gasteiger charge is -2.08. The van der Waals surface area contributed by atoms with Crippen molar-refractivity contribution >= 4 is 5.69 Å². The van der Waals surface area contributed by atoms with E-state index < -0.39 is 0 Å². The van der Waals surface area contributed by atoms with E-state index in [1.807, 2.05) is 18.2 Å². The van der Waals surface area contributed by atoms with Crippen molar-refractivity contribution in [3.8, 4) is 16.9 Å². The Bertz CT molecular complexity index is 720. The van der Waals surface area contributed by atoms with Crippen LogP contribution in [0.4, 0.5) is 5.69 Å². The van der Waals surface area contributed by atoms with Gasteiger partial charge in [-0.05, 0) is 47.4 Å². The molecular weight excluding hydrogens is 270 g/mol. The second-order valence-electron chi connectivity index (χ2n) is 5.29. The average Bonchev–Trinajstić information content (AvgIpc) is 2.56. The first-order chi connectivity index (χ1) is 10.8. The summed E-state index contributed by atoms with van der Waals surface area (Å²) in [5.41, 5.74) is 4.70. The molecule has 2 heteroatoms. The summed E-state index contributed by atoms with van der Waals surface area (Å²) >= 11 is 0. The van der Waals surface area contributed by atoms with Gasteiger partial charge in [-0.25, -0.2) is 0 Å². The number of nitrogens with one attached hydrogen (secondary N) is 1. The maximum Gasteiger partial charge on any atom is 0.115 e. The molecular formula is C20H19NO. The third-order valence-corrected chi connectivity index (χ3v) is 3.65. The molecule has 3 aromatic carbocycles. The summed E-state index contributed by atoms with van der Waals surface area (Å²) in [4.78, 5) is 0. The zero-order valence-corrected chi connectivity index (χ0v) is 12.4. The van der Waals surface area contributed by atoms with E-state index in [-0.39, 0.29) is 0 Å². The third kappa shape index (κ3) is 3.67. The Morgan fingerprint density at radius 1 is 0.727 bits per heavy atom. The summed E-state index contributed by atoms with van der Waals surface area (Å²) in [5.74, 6) is 0.324. The lowest BCUT2D eigenvalue weighted by molar-refractivity contribution is 0.474. The summed E-state index contributed by atoms with van der Waals surface area (Å²) in [6.45, 7) is 0.841. The molecule has 0 unspecified atom stereocenters. The first kappa shape index (κ1) is 14.2. The van der Waals surface area contributed by atoms with Crippen LogP contribution in [0.5, 0.6) is 5.75 Å². The van der Waals surface area contributed by atoms with Crippen LogP contribution >= 0.6 is 0 Å². The van der Waals surface area contributed by atoms with E-state index in [4.69, 9.17) is 0 Å². The SMILES string of the molecule is Oc1cccc(CCNc2ccc(-c3ccccc3)cc2)c1. The molecule has 3 aromatic rings.